The van der Waals surface area contributed by atoms with Crippen molar-refractivity contribution >= 4 is 11.9 Å². The molecular formula is C36H69N7O2. The lowest BCUT2D eigenvalue weighted by atomic mass is 9.78. The summed E-state index contributed by atoms with van der Waals surface area (Å²) in [6.45, 7) is 32.9. The largest absolute Gasteiger partial charge is 0.338 e. The Morgan fingerprint density at radius 1 is 0.578 bits per heavy atom. The molecule has 1 aromatic rings. The molecule has 9 nitrogen and oxygen atoms in total. The first kappa shape index (κ1) is 37.9. The van der Waals surface area contributed by atoms with Gasteiger partial charge in [-0.05, 0) is 114 Å². The first-order valence-corrected chi connectivity index (χ1v) is 18.2. The Morgan fingerprint density at radius 2 is 0.911 bits per heavy atom. The summed E-state index contributed by atoms with van der Waals surface area (Å²) in [4.78, 5) is 33.2. The number of anilines is 2. The van der Waals surface area contributed by atoms with Crippen molar-refractivity contribution in [2.75, 3.05) is 36.1 Å². The van der Waals surface area contributed by atoms with Gasteiger partial charge in [0, 0.05) is 47.3 Å². The minimum absolute atomic E-state index is 0.116. The highest BCUT2D eigenvalue weighted by molar-refractivity contribution is 5.42. The van der Waals surface area contributed by atoms with Crippen LogP contribution < -0.4 is 9.80 Å². The zero-order chi connectivity index (χ0) is 33.6. The molecule has 0 radical (unpaired) electrons. The van der Waals surface area contributed by atoms with Gasteiger partial charge in [-0.1, -0.05) is 40.5 Å². The summed E-state index contributed by atoms with van der Waals surface area (Å²) in [5.74, 6) is 2.45. The normalized spacial score (nSPS) is 22.1. The standard InChI is InChI=1S/C36H69N7O2/c1-14-18-20-40(29-24-33(6,7)42(44-22-16-3)34(8,9)25-29)31-37-28(5)38-32(39-31)41(21-19-15-2)30-26-35(10,11)43(45-23-17-4)36(12,13)27-30/h29-30H,14-27H2,1-13H3. The smallest absolute Gasteiger partial charge is 0.230 e. The van der Waals surface area contributed by atoms with Gasteiger partial charge in [-0.3, -0.25) is 9.68 Å². The van der Waals surface area contributed by atoms with Crippen molar-refractivity contribution < 1.29 is 9.68 Å². The summed E-state index contributed by atoms with van der Waals surface area (Å²) in [6, 6.07) is 0.608. The summed E-state index contributed by atoms with van der Waals surface area (Å²) in [5, 5.41) is 4.54. The molecular weight excluding hydrogens is 562 g/mol. The van der Waals surface area contributed by atoms with Crippen LogP contribution in [0.15, 0.2) is 0 Å². The van der Waals surface area contributed by atoms with Gasteiger partial charge in [0.2, 0.25) is 11.9 Å². The monoisotopic (exact) mass is 632 g/mol. The number of aromatic nitrogens is 3. The highest BCUT2D eigenvalue weighted by Crippen LogP contribution is 2.43. The molecule has 9 heteroatoms. The van der Waals surface area contributed by atoms with E-state index in [1.54, 1.807) is 0 Å². The first-order valence-electron chi connectivity index (χ1n) is 18.2. The van der Waals surface area contributed by atoms with Gasteiger partial charge in [0.25, 0.3) is 0 Å². The fourth-order valence-corrected chi connectivity index (χ4v) is 8.19. The molecule has 0 atom stereocenters. The van der Waals surface area contributed by atoms with E-state index in [1.165, 1.54) is 0 Å². The molecule has 2 aliphatic rings. The van der Waals surface area contributed by atoms with Crippen LogP contribution in [0, 0.1) is 6.92 Å². The number of rotatable bonds is 16. The first-order chi connectivity index (χ1) is 21.0. The Bertz CT molecular complexity index is 946. The summed E-state index contributed by atoms with van der Waals surface area (Å²) in [6.07, 6.45) is 10.4. The van der Waals surface area contributed by atoms with Crippen LogP contribution in [-0.2, 0) is 9.68 Å². The molecule has 0 aliphatic carbocycles. The van der Waals surface area contributed by atoms with Crippen LogP contribution in [0.3, 0.4) is 0 Å². The summed E-state index contributed by atoms with van der Waals surface area (Å²) < 4.78 is 0. The minimum atomic E-state index is -0.116. The average molecular weight is 632 g/mol. The molecule has 0 N–H and O–H groups in total. The highest BCUT2D eigenvalue weighted by Gasteiger charge is 2.50. The van der Waals surface area contributed by atoms with Crippen molar-refractivity contribution in [2.24, 2.45) is 0 Å². The van der Waals surface area contributed by atoms with E-state index < -0.39 is 0 Å². The van der Waals surface area contributed by atoms with E-state index in [0.717, 1.165) is 108 Å². The second-order valence-electron chi connectivity index (χ2n) is 16.2. The third-order valence-electron chi connectivity index (χ3n) is 9.61. The summed E-state index contributed by atoms with van der Waals surface area (Å²) in [5.41, 5.74) is -0.464. The molecule has 0 aromatic carbocycles. The van der Waals surface area contributed by atoms with Crippen LogP contribution in [0.2, 0.25) is 0 Å². The molecule has 0 unspecified atom stereocenters. The van der Waals surface area contributed by atoms with Gasteiger partial charge in [0.05, 0.1) is 13.2 Å². The molecule has 3 rings (SSSR count). The molecule has 2 fully saturated rings. The predicted molar refractivity (Wildman–Crippen MR) is 188 cm³/mol. The lowest BCUT2D eigenvalue weighted by Crippen LogP contribution is -2.64. The Morgan fingerprint density at radius 3 is 1.20 bits per heavy atom. The molecule has 260 valence electrons. The molecule has 0 bridgehead atoms. The Kier molecular flexibility index (Phi) is 13.1. The van der Waals surface area contributed by atoms with Crippen molar-refractivity contribution in [2.45, 2.75) is 188 Å². The highest BCUT2D eigenvalue weighted by atomic mass is 16.7. The molecule has 2 aliphatic heterocycles. The summed E-state index contributed by atoms with van der Waals surface area (Å²) >= 11 is 0. The number of aryl methyl sites for hydroxylation is 1. The zero-order valence-electron chi connectivity index (χ0n) is 31.5. The third kappa shape index (κ3) is 9.29. The van der Waals surface area contributed by atoms with E-state index in [0.29, 0.717) is 12.1 Å². The van der Waals surface area contributed by atoms with E-state index in [-0.39, 0.29) is 22.2 Å². The van der Waals surface area contributed by atoms with Crippen LogP contribution in [0.4, 0.5) is 11.9 Å². The number of hydrogen-bond donors (Lipinski definition) is 0. The Labute approximate surface area is 276 Å². The molecule has 2 saturated heterocycles. The Hall–Kier alpha value is -1.55. The second kappa shape index (κ2) is 15.6. The van der Waals surface area contributed by atoms with Crippen LogP contribution in [0.25, 0.3) is 0 Å². The molecule has 45 heavy (non-hydrogen) atoms. The van der Waals surface area contributed by atoms with E-state index in [1.807, 2.05) is 6.92 Å². The third-order valence-corrected chi connectivity index (χ3v) is 9.61. The minimum Gasteiger partial charge on any atom is -0.338 e. The lowest BCUT2D eigenvalue weighted by molar-refractivity contribution is -0.282. The number of unbranched alkanes of at least 4 members (excludes halogenated alkanes) is 2. The van der Waals surface area contributed by atoms with E-state index in [2.05, 4.69) is 103 Å². The van der Waals surface area contributed by atoms with Crippen LogP contribution >= 0.6 is 0 Å². The van der Waals surface area contributed by atoms with E-state index in [4.69, 9.17) is 24.6 Å². The zero-order valence-corrected chi connectivity index (χ0v) is 31.5. The van der Waals surface area contributed by atoms with Gasteiger partial charge in [-0.2, -0.15) is 25.1 Å². The van der Waals surface area contributed by atoms with Gasteiger partial charge in [0.15, 0.2) is 0 Å². The topological polar surface area (TPSA) is 70.1 Å². The molecule has 0 amide bonds. The van der Waals surface area contributed by atoms with Crippen molar-refractivity contribution in [1.82, 2.24) is 25.1 Å². The number of hydroxylamine groups is 4. The number of hydrogen-bond acceptors (Lipinski definition) is 9. The SMILES string of the molecule is CCCCN(c1nc(C)nc(N(CCCC)C2CC(C)(C)N(OCCC)C(C)(C)C2)n1)C1CC(C)(C)N(OCCC)C(C)(C)C1. The summed E-state index contributed by atoms with van der Waals surface area (Å²) in [7, 11) is 0. The van der Waals surface area contributed by atoms with Crippen molar-refractivity contribution in [3.05, 3.63) is 5.82 Å². The van der Waals surface area contributed by atoms with Crippen LogP contribution in [0.5, 0.6) is 0 Å². The van der Waals surface area contributed by atoms with Crippen molar-refractivity contribution in [3.8, 4) is 0 Å². The Balaban J connectivity index is 2.01. The number of nitrogens with zero attached hydrogens (tertiary/aromatic N) is 7. The van der Waals surface area contributed by atoms with Crippen LogP contribution in [0.1, 0.15) is 153 Å². The fraction of sp³-hybridized carbons (Fsp3) is 0.917. The van der Waals surface area contributed by atoms with Gasteiger partial charge >= 0.3 is 0 Å². The second-order valence-corrected chi connectivity index (χ2v) is 16.2. The van der Waals surface area contributed by atoms with Crippen molar-refractivity contribution in [3.63, 3.8) is 0 Å². The number of piperidine rings is 2. The average Bonchev–Trinajstić information content (AvgIpc) is 2.91. The molecule has 0 saturated carbocycles. The quantitative estimate of drug-likeness (QED) is 0.180. The molecule has 3 heterocycles. The maximum atomic E-state index is 6.37. The van der Waals surface area contributed by atoms with E-state index in [9.17, 15) is 0 Å². The fourth-order valence-electron chi connectivity index (χ4n) is 8.19. The maximum absolute atomic E-state index is 6.37. The van der Waals surface area contributed by atoms with Gasteiger partial charge in [-0.15, -0.1) is 0 Å². The van der Waals surface area contributed by atoms with E-state index >= 15 is 0 Å². The molecule has 1 aromatic heterocycles. The maximum Gasteiger partial charge on any atom is 0.230 e. The van der Waals surface area contributed by atoms with Gasteiger partial charge < -0.3 is 9.80 Å². The van der Waals surface area contributed by atoms with Gasteiger partial charge in [0.1, 0.15) is 5.82 Å². The lowest BCUT2D eigenvalue weighted by Gasteiger charge is -2.56. The molecule has 0 spiro atoms. The predicted octanol–water partition coefficient (Wildman–Crippen LogP) is 8.12. The van der Waals surface area contributed by atoms with Gasteiger partial charge in [-0.25, -0.2) is 0 Å². The van der Waals surface area contributed by atoms with Crippen LogP contribution in [-0.4, -0.2) is 85.6 Å². The van der Waals surface area contributed by atoms with Crippen molar-refractivity contribution in [1.29, 1.82) is 0 Å².